The van der Waals surface area contributed by atoms with Crippen LogP contribution >= 0.6 is 23.5 Å². The number of ether oxygens (including phenoxy) is 2. The fourth-order valence-corrected chi connectivity index (χ4v) is 10.6. The molecule has 0 radical (unpaired) electrons. The molecule has 4 atom stereocenters. The van der Waals surface area contributed by atoms with Crippen LogP contribution in [0.5, 0.6) is 0 Å². The molecular weight excluding hydrogens is 573 g/mol. The van der Waals surface area contributed by atoms with Crippen molar-refractivity contribution >= 4 is 46.1 Å². The Morgan fingerprint density at radius 1 is 0.850 bits per heavy atom. The molecule has 0 amide bonds. The van der Waals surface area contributed by atoms with Crippen molar-refractivity contribution in [3.63, 3.8) is 0 Å². The van der Waals surface area contributed by atoms with E-state index in [4.69, 9.17) is 18.3 Å². The van der Waals surface area contributed by atoms with Gasteiger partial charge in [0.15, 0.2) is 16.6 Å². The van der Waals surface area contributed by atoms with Crippen LogP contribution < -0.4 is 0 Å². The van der Waals surface area contributed by atoms with Crippen LogP contribution in [0, 0.1) is 5.41 Å². The molecule has 5 nitrogen and oxygen atoms in total. The largest absolute Gasteiger partial charge is 0.462 e. The first-order valence-corrected chi connectivity index (χ1v) is 23.3. The van der Waals surface area contributed by atoms with Crippen molar-refractivity contribution in [3.8, 4) is 0 Å². The minimum absolute atomic E-state index is 0.00819. The number of esters is 1. The van der Waals surface area contributed by atoms with Gasteiger partial charge in [-0.15, -0.1) is 23.5 Å². The summed E-state index contributed by atoms with van der Waals surface area (Å²) in [6, 6.07) is 0. The molecule has 0 bridgehead atoms. The quantitative estimate of drug-likeness (QED) is 0.195. The van der Waals surface area contributed by atoms with E-state index in [0.717, 1.165) is 25.7 Å². The summed E-state index contributed by atoms with van der Waals surface area (Å²) >= 11 is 4.12. The lowest BCUT2D eigenvalue weighted by molar-refractivity contribution is -0.199. The van der Waals surface area contributed by atoms with Crippen LogP contribution in [0.4, 0.5) is 0 Å². The number of hydrogen-bond donors (Lipinski definition) is 0. The summed E-state index contributed by atoms with van der Waals surface area (Å²) in [6.45, 7) is 31.3. The van der Waals surface area contributed by atoms with Crippen molar-refractivity contribution in [2.45, 2.75) is 166 Å². The first-order chi connectivity index (χ1) is 18.0. The van der Waals surface area contributed by atoms with E-state index in [9.17, 15) is 4.79 Å². The average molecular weight is 635 g/mol. The summed E-state index contributed by atoms with van der Waals surface area (Å²) < 4.78 is 28.0. The molecule has 1 unspecified atom stereocenters. The SMILES string of the molecule is CC(C)(C)C(=O)OC[C@H]1O[C@@](C)(CC2SCCCS2)[C@H](O[Si](C)(C)C(C)(C)C)CCCC1O[Si](C)(C)C(C)(C)C. The third kappa shape index (κ3) is 10.0. The molecule has 2 heterocycles. The molecule has 0 spiro atoms. The molecular formula is C31H62O5S2Si2. The van der Waals surface area contributed by atoms with Crippen molar-refractivity contribution in [1.82, 2.24) is 0 Å². The maximum Gasteiger partial charge on any atom is 0.311 e. The molecule has 2 saturated heterocycles. The van der Waals surface area contributed by atoms with Gasteiger partial charge in [0.2, 0.25) is 0 Å². The zero-order valence-electron chi connectivity index (χ0n) is 28.3. The van der Waals surface area contributed by atoms with Gasteiger partial charge in [0.25, 0.3) is 0 Å². The molecule has 0 N–H and O–H groups in total. The second-order valence-corrected chi connectivity index (χ2v) is 28.7. The van der Waals surface area contributed by atoms with Gasteiger partial charge in [-0.2, -0.15) is 0 Å². The Balaban J connectivity index is 2.49. The highest BCUT2D eigenvalue weighted by atomic mass is 32.2. The number of thioether (sulfide) groups is 2. The topological polar surface area (TPSA) is 54.0 Å². The molecule has 0 saturated carbocycles. The molecule has 2 fully saturated rings. The van der Waals surface area contributed by atoms with Gasteiger partial charge >= 0.3 is 5.97 Å². The molecule has 0 aromatic carbocycles. The van der Waals surface area contributed by atoms with Gasteiger partial charge in [0.1, 0.15) is 12.7 Å². The average Bonchev–Trinajstić information content (AvgIpc) is 2.77. The van der Waals surface area contributed by atoms with Crippen LogP contribution in [-0.2, 0) is 23.1 Å². The van der Waals surface area contributed by atoms with Crippen LogP contribution in [0.25, 0.3) is 0 Å². The Morgan fingerprint density at radius 3 is 1.88 bits per heavy atom. The van der Waals surface area contributed by atoms with Gasteiger partial charge in [-0.1, -0.05) is 41.5 Å². The third-order valence-electron chi connectivity index (χ3n) is 9.43. The Labute approximate surface area is 258 Å². The van der Waals surface area contributed by atoms with Crippen molar-refractivity contribution in [2.24, 2.45) is 5.41 Å². The van der Waals surface area contributed by atoms with Crippen molar-refractivity contribution in [2.75, 3.05) is 18.1 Å². The molecule has 2 aliphatic heterocycles. The normalized spacial score (nSPS) is 28.6. The fraction of sp³-hybridized carbons (Fsp3) is 0.968. The highest BCUT2D eigenvalue weighted by Crippen LogP contribution is 2.46. The number of carbonyl (C=O) groups excluding carboxylic acids is 1. The Hall–Kier alpha value is 0.484. The lowest BCUT2D eigenvalue weighted by Crippen LogP contribution is -2.58. The summed E-state index contributed by atoms with van der Waals surface area (Å²) in [6.07, 6.45) is 4.56. The number of rotatable bonds is 8. The van der Waals surface area contributed by atoms with Gasteiger partial charge in [0, 0.05) is 0 Å². The monoisotopic (exact) mass is 634 g/mol. The van der Waals surface area contributed by atoms with Crippen LogP contribution in [0.1, 0.15) is 101 Å². The standard InChI is InChI=1S/C31H62O5S2Si2/c1-28(2,3)27(32)33-22-24-23(35-39(11,12)29(4,5)6)17-15-18-25(36-40(13,14)30(7,8)9)31(10,34-24)21-26-37-19-16-20-38-26/h23-26H,15-22H2,1-14H3/t23?,24-,25-,31+/m1/s1. The smallest absolute Gasteiger partial charge is 0.311 e. The Kier molecular flexibility index (Phi) is 12.5. The van der Waals surface area contributed by atoms with Crippen LogP contribution in [0.3, 0.4) is 0 Å². The van der Waals surface area contributed by atoms with E-state index < -0.39 is 27.7 Å². The maximum atomic E-state index is 12.9. The van der Waals surface area contributed by atoms with Gasteiger partial charge in [-0.25, -0.2) is 0 Å². The molecule has 0 aromatic heterocycles. The van der Waals surface area contributed by atoms with Crippen molar-refractivity contribution in [3.05, 3.63) is 0 Å². The highest BCUT2D eigenvalue weighted by molar-refractivity contribution is 8.17. The van der Waals surface area contributed by atoms with Crippen LogP contribution in [-0.4, -0.2) is 69.2 Å². The number of hydrogen-bond acceptors (Lipinski definition) is 7. The molecule has 9 heteroatoms. The third-order valence-corrected chi connectivity index (χ3v) is 21.4. The predicted octanol–water partition coefficient (Wildman–Crippen LogP) is 9.27. The van der Waals surface area contributed by atoms with E-state index in [-0.39, 0.29) is 41.0 Å². The van der Waals surface area contributed by atoms with Crippen LogP contribution in [0.2, 0.25) is 36.3 Å². The molecule has 236 valence electrons. The van der Waals surface area contributed by atoms with Gasteiger partial charge in [-0.3, -0.25) is 4.79 Å². The van der Waals surface area contributed by atoms with E-state index in [2.05, 4.69) is 98.2 Å². The van der Waals surface area contributed by atoms with Gasteiger partial charge in [0.05, 0.1) is 27.8 Å². The molecule has 2 aliphatic rings. The number of carbonyl (C=O) groups is 1. The fourth-order valence-electron chi connectivity index (χ4n) is 4.58. The first kappa shape index (κ1) is 36.7. The second kappa shape index (κ2) is 13.6. The van der Waals surface area contributed by atoms with Crippen LogP contribution in [0.15, 0.2) is 0 Å². The summed E-state index contributed by atoms with van der Waals surface area (Å²) in [4.78, 5) is 12.9. The molecule has 40 heavy (non-hydrogen) atoms. The molecule has 0 aliphatic carbocycles. The Morgan fingerprint density at radius 2 is 1.38 bits per heavy atom. The van der Waals surface area contributed by atoms with E-state index in [1.807, 2.05) is 20.8 Å². The molecule has 2 rings (SSSR count). The zero-order valence-corrected chi connectivity index (χ0v) is 32.0. The lowest BCUT2D eigenvalue weighted by Gasteiger charge is -2.50. The first-order valence-electron chi connectivity index (χ1n) is 15.4. The minimum Gasteiger partial charge on any atom is -0.462 e. The second-order valence-electron chi connectivity index (χ2n) is 16.3. The predicted molar refractivity (Wildman–Crippen MR) is 180 cm³/mol. The summed E-state index contributed by atoms with van der Waals surface area (Å²) in [5, 5.41) is 0.189. The summed E-state index contributed by atoms with van der Waals surface area (Å²) in [5.41, 5.74) is -1.07. The van der Waals surface area contributed by atoms with E-state index in [1.54, 1.807) is 0 Å². The van der Waals surface area contributed by atoms with E-state index >= 15 is 0 Å². The summed E-state index contributed by atoms with van der Waals surface area (Å²) in [7, 11) is -4.14. The lowest BCUT2D eigenvalue weighted by atomic mass is 9.88. The van der Waals surface area contributed by atoms with Crippen molar-refractivity contribution < 1.29 is 23.1 Å². The van der Waals surface area contributed by atoms with E-state index in [0.29, 0.717) is 4.58 Å². The highest BCUT2D eigenvalue weighted by Gasteiger charge is 2.50. The minimum atomic E-state index is -2.09. The van der Waals surface area contributed by atoms with Crippen molar-refractivity contribution in [1.29, 1.82) is 0 Å². The Bertz CT molecular complexity index is 825. The zero-order chi connectivity index (χ0) is 30.8. The van der Waals surface area contributed by atoms with Gasteiger partial charge in [-0.05, 0) is 108 Å². The maximum absolute atomic E-state index is 12.9. The van der Waals surface area contributed by atoms with Gasteiger partial charge < -0.3 is 18.3 Å². The summed E-state index contributed by atoms with van der Waals surface area (Å²) in [5.74, 6) is 2.20. The van der Waals surface area contributed by atoms with E-state index in [1.165, 1.54) is 17.9 Å². The molecule has 0 aromatic rings.